The van der Waals surface area contributed by atoms with Gasteiger partial charge in [-0.2, -0.15) is 32.8 Å². The van der Waals surface area contributed by atoms with Gasteiger partial charge in [-0.25, -0.2) is 29.4 Å². The summed E-state index contributed by atoms with van der Waals surface area (Å²) in [6, 6.07) is 8.91. The molecule has 0 aliphatic heterocycles. The summed E-state index contributed by atoms with van der Waals surface area (Å²) in [5, 5.41) is 29.6. The quantitative estimate of drug-likeness (QED) is 0.146. The predicted octanol–water partition coefficient (Wildman–Crippen LogP) is 6.73. The lowest BCUT2D eigenvalue weighted by atomic mass is 9.91. The number of nitriles is 3. The van der Waals surface area contributed by atoms with Gasteiger partial charge in [-0.05, 0) is 57.2 Å². The van der Waals surface area contributed by atoms with Crippen LogP contribution in [0.4, 0.5) is 22.0 Å². The minimum Gasteiger partial charge on any atom is -0.237 e. The van der Waals surface area contributed by atoms with E-state index in [1.54, 1.807) is 18.2 Å². The van der Waals surface area contributed by atoms with Crippen molar-refractivity contribution in [3.63, 3.8) is 0 Å². The normalized spacial score (nSPS) is 15.3. The van der Waals surface area contributed by atoms with Gasteiger partial charge in [0.05, 0.1) is 37.4 Å². The first kappa shape index (κ1) is 27.6. The molecule has 0 amide bonds. The number of aromatic nitrogens is 2. The van der Waals surface area contributed by atoms with E-state index in [0.29, 0.717) is 24.3 Å². The second-order valence-electron chi connectivity index (χ2n) is 8.63. The van der Waals surface area contributed by atoms with E-state index in [0.717, 1.165) is 6.07 Å². The molecule has 0 atom stereocenters. The lowest BCUT2D eigenvalue weighted by molar-refractivity contribution is 0.511. The average molecular weight is 572 g/mol. The number of rotatable bonds is 2. The van der Waals surface area contributed by atoms with Crippen LogP contribution in [0.5, 0.6) is 0 Å². The molecular weight excluding hydrogens is 567 g/mol. The Morgan fingerprint density at radius 1 is 0.651 bits per heavy atom. The Morgan fingerprint density at radius 2 is 1.09 bits per heavy atom. The summed E-state index contributed by atoms with van der Waals surface area (Å²) < 4.78 is 73.3. The number of fused-ring (bicyclic) bond motifs is 2. The molecule has 5 rings (SSSR count). The summed E-state index contributed by atoms with van der Waals surface area (Å²) in [5.41, 5.74) is -6.48. The van der Waals surface area contributed by atoms with Gasteiger partial charge in [-0.3, -0.25) is 0 Å². The van der Waals surface area contributed by atoms with Gasteiger partial charge in [0.25, 0.3) is 11.4 Å². The van der Waals surface area contributed by atoms with E-state index in [-0.39, 0.29) is 39.0 Å². The molecule has 8 nitrogen and oxygen atoms in total. The van der Waals surface area contributed by atoms with Gasteiger partial charge in [0.15, 0.2) is 0 Å². The maximum atomic E-state index is 16.7. The summed E-state index contributed by atoms with van der Waals surface area (Å²) in [7, 11) is 0. The largest absolute Gasteiger partial charge is 0.270 e. The molecule has 13 heteroatoms. The van der Waals surface area contributed by atoms with Crippen molar-refractivity contribution >= 4 is 33.6 Å². The topological polar surface area (TPSA) is 110 Å². The Hall–Kier alpha value is -6.93. The Labute approximate surface area is 238 Å². The molecule has 43 heavy (non-hydrogen) atoms. The molecular formula is C30H5F5N8. The summed E-state index contributed by atoms with van der Waals surface area (Å²) >= 11 is 0. The number of hydrogen-bond donors (Lipinski definition) is 0. The average Bonchev–Trinajstić information content (AvgIpc) is 3.47. The van der Waals surface area contributed by atoms with Gasteiger partial charge in [0, 0.05) is 28.8 Å². The molecule has 2 aromatic heterocycles. The van der Waals surface area contributed by atoms with E-state index in [2.05, 4.69) is 24.5 Å². The van der Waals surface area contributed by atoms with Crippen molar-refractivity contribution in [3.05, 3.63) is 139 Å². The molecule has 200 valence electrons. The van der Waals surface area contributed by atoms with Gasteiger partial charge in [-0.1, -0.05) is 0 Å². The van der Waals surface area contributed by atoms with Crippen molar-refractivity contribution in [2.75, 3.05) is 0 Å². The van der Waals surface area contributed by atoms with Gasteiger partial charge < -0.3 is 0 Å². The standard InChI is InChI=1S/C30H5F5N8/c1-39-17(10-37)26-14-8-15-27(18(11-38)40-2)24(13-6-21(33)43-22(34)7-13)30(41-3)28(15)29(35)25(14)16(9-36)23(26)12-4-19(31)42-20(32)5-12/h4-8H/b26-17+,27-18-. The van der Waals surface area contributed by atoms with Crippen molar-refractivity contribution in [3.8, 4) is 18.2 Å². The van der Waals surface area contributed by atoms with Crippen LogP contribution in [0, 0.1) is 83.3 Å². The fraction of sp³-hybridized carbons (Fsp3) is 0. The first-order chi connectivity index (χ1) is 20.6. The fourth-order valence-corrected chi connectivity index (χ4v) is 5.06. The van der Waals surface area contributed by atoms with Gasteiger partial charge in [0.1, 0.15) is 11.9 Å². The molecule has 0 saturated heterocycles. The van der Waals surface area contributed by atoms with Gasteiger partial charge in [0.2, 0.25) is 29.5 Å². The highest BCUT2D eigenvalue weighted by molar-refractivity contribution is 6.29. The van der Waals surface area contributed by atoms with Crippen LogP contribution in [0.2, 0.25) is 0 Å². The minimum atomic E-state index is -1.32. The van der Waals surface area contributed by atoms with Crippen molar-refractivity contribution in [2.24, 2.45) is 0 Å². The van der Waals surface area contributed by atoms with Gasteiger partial charge in [-0.15, -0.1) is 0 Å². The molecule has 0 bridgehead atoms. The number of hydrogen-bond acceptors (Lipinski definition) is 5. The van der Waals surface area contributed by atoms with Crippen molar-refractivity contribution < 1.29 is 22.0 Å². The lowest BCUT2D eigenvalue weighted by Crippen LogP contribution is -1.99. The Balaban J connectivity index is 2.01. The summed E-state index contributed by atoms with van der Waals surface area (Å²) in [4.78, 5) is 15.6. The highest BCUT2D eigenvalue weighted by Gasteiger charge is 2.40. The maximum Gasteiger partial charge on any atom is 0.270 e. The van der Waals surface area contributed by atoms with Crippen molar-refractivity contribution in [2.45, 2.75) is 0 Å². The predicted molar refractivity (Wildman–Crippen MR) is 139 cm³/mol. The SMILES string of the molecule is [C-]#[N+]C1=C(c2cc(F)nc(F)c2)/C(=C(/C#N)[N+]#[C-])c2cc3c(c(F)c21)C(C#N)=C(c1cc(F)nc(F)c1)/C3=C(\C#N)[N+]#[C-]. The van der Waals surface area contributed by atoms with Crippen LogP contribution in [-0.2, 0) is 0 Å². The smallest absolute Gasteiger partial charge is 0.237 e. The van der Waals surface area contributed by atoms with E-state index in [9.17, 15) is 33.3 Å². The Bertz CT molecular complexity index is 2020. The summed E-state index contributed by atoms with van der Waals surface area (Å²) in [6.45, 7) is 22.8. The molecule has 0 N–H and O–H groups in total. The highest BCUT2D eigenvalue weighted by atomic mass is 19.2. The molecule has 1 aromatic carbocycles. The van der Waals surface area contributed by atoms with E-state index in [1.807, 2.05) is 0 Å². The molecule has 2 aliphatic rings. The second-order valence-corrected chi connectivity index (χ2v) is 8.63. The zero-order chi connectivity index (χ0) is 31.2. The molecule has 2 heterocycles. The molecule has 2 aliphatic carbocycles. The Morgan fingerprint density at radius 3 is 1.51 bits per heavy atom. The van der Waals surface area contributed by atoms with Crippen LogP contribution in [0.1, 0.15) is 33.4 Å². The first-order valence-electron chi connectivity index (χ1n) is 11.5. The monoisotopic (exact) mass is 572 g/mol. The third-order valence-corrected chi connectivity index (χ3v) is 6.51. The fourth-order valence-electron chi connectivity index (χ4n) is 5.06. The number of halogens is 5. The van der Waals surface area contributed by atoms with E-state index in [1.165, 1.54) is 0 Å². The van der Waals surface area contributed by atoms with Crippen LogP contribution in [-0.4, -0.2) is 9.97 Å². The number of allylic oxidation sites excluding steroid dienone is 7. The zero-order valence-electron chi connectivity index (χ0n) is 20.9. The second kappa shape index (κ2) is 10.2. The third kappa shape index (κ3) is 4.07. The maximum absolute atomic E-state index is 16.7. The van der Waals surface area contributed by atoms with Crippen molar-refractivity contribution in [1.29, 1.82) is 15.8 Å². The number of pyridine rings is 2. The highest BCUT2D eigenvalue weighted by Crippen LogP contribution is 2.56. The summed E-state index contributed by atoms with van der Waals surface area (Å²) in [6.07, 6.45) is 0. The van der Waals surface area contributed by atoms with Crippen LogP contribution in [0.15, 0.2) is 41.7 Å². The number of nitrogens with zero attached hydrogens (tertiary/aromatic N) is 8. The Kier molecular flexibility index (Phi) is 6.58. The van der Waals surface area contributed by atoms with Crippen molar-refractivity contribution in [1.82, 2.24) is 9.97 Å². The summed E-state index contributed by atoms with van der Waals surface area (Å²) in [5.74, 6) is -6.56. The third-order valence-electron chi connectivity index (χ3n) is 6.51. The molecule has 0 radical (unpaired) electrons. The first-order valence-corrected chi connectivity index (χ1v) is 11.5. The molecule has 0 fully saturated rings. The van der Waals surface area contributed by atoms with Crippen LogP contribution >= 0.6 is 0 Å². The van der Waals surface area contributed by atoms with E-state index >= 15 is 4.39 Å². The van der Waals surface area contributed by atoms with E-state index in [4.69, 9.17) is 19.7 Å². The molecule has 3 aromatic rings. The minimum absolute atomic E-state index is 0.298. The zero-order valence-corrected chi connectivity index (χ0v) is 20.9. The molecule has 0 saturated carbocycles. The number of benzene rings is 1. The van der Waals surface area contributed by atoms with E-state index < -0.39 is 69.0 Å². The van der Waals surface area contributed by atoms with Crippen LogP contribution in [0.25, 0.3) is 48.1 Å². The van der Waals surface area contributed by atoms with Crippen LogP contribution < -0.4 is 0 Å². The van der Waals surface area contributed by atoms with Gasteiger partial charge >= 0.3 is 0 Å². The molecule has 0 spiro atoms. The lowest BCUT2D eigenvalue weighted by Gasteiger charge is -2.13. The van der Waals surface area contributed by atoms with Crippen LogP contribution in [0.3, 0.4) is 0 Å². The molecule has 0 unspecified atom stereocenters.